The molecule has 0 saturated carbocycles. The molecule has 6 nitrogen and oxygen atoms in total. The van der Waals surface area contributed by atoms with E-state index in [0.717, 1.165) is 24.1 Å². The monoisotopic (exact) mass is 392 g/mol. The Morgan fingerprint density at radius 3 is 2.86 bits per heavy atom. The number of methoxy groups -OCH3 is 1. The van der Waals surface area contributed by atoms with E-state index in [4.69, 9.17) is 18.9 Å². The van der Waals surface area contributed by atoms with Crippen molar-refractivity contribution in [2.45, 2.75) is 38.2 Å². The number of aromatic nitrogens is 1. The molecular formula is C23H24N2O4. The van der Waals surface area contributed by atoms with Crippen LogP contribution in [-0.4, -0.2) is 36.6 Å². The molecule has 150 valence electrons. The summed E-state index contributed by atoms with van der Waals surface area (Å²) in [7, 11) is 1.59. The van der Waals surface area contributed by atoms with E-state index < -0.39 is 5.60 Å². The van der Waals surface area contributed by atoms with Gasteiger partial charge in [0.15, 0.2) is 11.4 Å². The molecule has 5 rings (SSSR count). The van der Waals surface area contributed by atoms with E-state index in [2.05, 4.69) is 30.9 Å². The lowest BCUT2D eigenvalue weighted by atomic mass is 9.89. The Hall–Kier alpha value is -3.02. The van der Waals surface area contributed by atoms with Crippen LogP contribution in [0.4, 0.5) is 6.01 Å². The standard InChI is InChI=1S/C23H24N2O4/c1-14(2)15-4-6-21-18(10-15)24-22(28-21)25-9-8-23(13-25)12-19(26)17-11-16(27-3)5-7-20(17)29-23/h4-7,10-11,14H,8-9,12-13H2,1-3H3. The molecule has 1 aromatic heterocycles. The average Bonchev–Trinajstić information content (AvgIpc) is 3.31. The molecule has 0 aliphatic carbocycles. The second-order valence-electron chi connectivity index (χ2n) is 8.30. The Kier molecular flexibility index (Phi) is 4.05. The van der Waals surface area contributed by atoms with Crippen molar-refractivity contribution in [2.24, 2.45) is 0 Å². The van der Waals surface area contributed by atoms with E-state index in [1.807, 2.05) is 18.2 Å². The third-order valence-electron chi connectivity index (χ3n) is 5.95. The molecule has 0 radical (unpaired) electrons. The first-order chi connectivity index (χ1) is 14.0. The molecule has 1 atom stereocenters. The molecule has 3 heterocycles. The van der Waals surface area contributed by atoms with Gasteiger partial charge >= 0.3 is 0 Å². The van der Waals surface area contributed by atoms with Crippen LogP contribution in [0.5, 0.6) is 11.5 Å². The minimum Gasteiger partial charge on any atom is -0.497 e. The number of carbonyl (C=O) groups is 1. The van der Waals surface area contributed by atoms with Crippen molar-refractivity contribution in [2.75, 3.05) is 25.1 Å². The van der Waals surface area contributed by atoms with E-state index in [-0.39, 0.29) is 5.78 Å². The lowest BCUT2D eigenvalue weighted by Gasteiger charge is -2.34. The molecule has 2 aromatic carbocycles. The third kappa shape index (κ3) is 3.03. The first-order valence-corrected chi connectivity index (χ1v) is 10.0. The Morgan fingerprint density at radius 1 is 1.21 bits per heavy atom. The third-order valence-corrected chi connectivity index (χ3v) is 5.95. The Bertz CT molecular complexity index is 1100. The van der Waals surface area contributed by atoms with Gasteiger partial charge in [-0.25, -0.2) is 0 Å². The number of ketones is 1. The van der Waals surface area contributed by atoms with Gasteiger partial charge in [-0.15, -0.1) is 0 Å². The fraction of sp³-hybridized carbons (Fsp3) is 0.391. The molecule has 0 bridgehead atoms. The van der Waals surface area contributed by atoms with Gasteiger partial charge in [0.1, 0.15) is 22.6 Å². The van der Waals surface area contributed by atoms with E-state index in [9.17, 15) is 4.79 Å². The summed E-state index contributed by atoms with van der Waals surface area (Å²) in [5.74, 6) is 1.82. The zero-order valence-corrected chi connectivity index (χ0v) is 16.9. The number of rotatable bonds is 3. The second kappa shape index (κ2) is 6.51. The van der Waals surface area contributed by atoms with Gasteiger partial charge in [0.05, 0.1) is 25.6 Å². The van der Waals surface area contributed by atoms with Crippen LogP contribution in [0.3, 0.4) is 0 Å². The zero-order chi connectivity index (χ0) is 20.2. The fourth-order valence-electron chi connectivity index (χ4n) is 4.26. The number of benzene rings is 2. The number of fused-ring (bicyclic) bond motifs is 2. The summed E-state index contributed by atoms with van der Waals surface area (Å²) in [6.07, 6.45) is 1.10. The molecule has 0 N–H and O–H groups in total. The van der Waals surface area contributed by atoms with Gasteiger partial charge in [-0.3, -0.25) is 4.79 Å². The minimum atomic E-state index is -0.539. The molecule has 1 saturated heterocycles. The number of nitrogens with zero attached hydrogens (tertiary/aromatic N) is 2. The lowest BCUT2D eigenvalue weighted by Crippen LogP contribution is -2.44. The normalized spacial score (nSPS) is 21.1. The van der Waals surface area contributed by atoms with Crippen LogP contribution < -0.4 is 14.4 Å². The van der Waals surface area contributed by atoms with Crippen LogP contribution in [0.2, 0.25) is 0 Å². The number of hydrogen-bond donors (Lipinski definition) is 0. The number of Topliss-reactive ketones (excluding diaryl/α,β-unsaturated/α-hetero) is 1. The molecular weight excluding hydrogens is 368 g/mol. The highest BCUT2D eigenvalue weighted by Crippen LogP contribution is 2.41. The van der Waals surface area contributed by atoms with Crippen molar-refractivity contribution in [3.05, 3.63) is 47.5 Å². The topological polar surface area (TPSA) is 64.8 Å². The van der Waals surface area contributed by atoms with E-state index in [1.54, 1.807) is 13.2 Å². The molecule has 0 amide bonds. The van der Waals surface area contributed by atoms with Crippen molar-refractivity contribution in [1.82, 2.24) is 4.98 Å². The predicted octanol–water partition coefficient (Wildman–Crippen LogP) is 4.57. The first kappa shape index (κ1) is 18.0. The maximum Gasteiger partial charge on any atom is 0.298 e. The van der Waals surface area contributed by atoms with Gasteiger partial charge in [-0.05, 0) is 41.8 Å². The van der Waals surface area contributed by atoms with E-state index in [1.165, 1.54) is 5.56 Å². The van der Waals surface area contributed by atoms with Crippen LogP contribution in [0, 0.1) is 0 Å². The molecule has 29 heavy (non-hydrogen) atoms. The Balaban J connectivity index is 1.41. The lowest BCUT2D eigenvalue weighted by molar-refractivity contribution is 0.0536. The number of ether oxygens (including phenoxy) is 2. The zero-order valence-electron chi connectivity index (χ0n) is 16.9. The Labute approximate surface area is 169 Å². The van der Waals surface area contributed by atoms with Gasteiger partial charge in [-0.2, -0.15) is 4.98 Å². The van der Waals surface area contributed by atoms with Crippen LogP contribution in [0.1, 0.15) is 48.5 Å². The summed E-state index contributed by atoms with van der Waals surface area (Å²) in [4.78, 5) is 19.6. The highest BCUT2D eigenvalue weighted by molar-refractivity contribution is 6.00. The summed E-state index contributed by atoms with van der Waals surface area (Å²) in [6.45, 7) is 5.64. The number of carbonyl (C=O) groups excluding carboxylic acids is 1. The van der Waals surface area contributed by atoms with Gasteiger partial charge in [0.25, 0.3) is 6.01 Å². The van der Waals surface area contributed by atoms with Crippen LogP contribution in [-0.2, 0) is 0 Å². The molecule has 1 spiro atoms. The second-order valence-corrected chi connectivity index (χ2v) is 8.30. The van der Waals surface area contributed by atoms with Crippen molar-refractivity contribution in [1.29, 1.82) is 0 Å². The number of oxazole rings is 1. The van der Waals surface area contributed by atoms with Crippen molar-refractivity contribution >= 4 is 22.9 Å². The minimum absolute atomic E-state index is 0.0890. The van der Waals surface area contributed by atoms with Gasteiger partial charge < -0.3 is 18.8 Å². The van der Waals surface area contributed by atoms with Crippen molar-refractivity contribution in [3.63, 3.8) is 0 Å². The van der Waals surface area contributed by atoms with E-state index in [0.29, 0.717) is 42.0 Å². The summed E-state index contributed by atoms with van der Waals surface area (Å²) < 4.78 is 17.6. The molecule has 3 aromatic rings. The number of hydrogen-bond acceptors (Lipinski definition) is 6. The largest absolute Gasteiger partial charge is 0.497 e. The molecule has 2 aliphatic rings. The highest BCUT2D eigenvalue weighted by Gasteiger charge is 2.47. The predicted molar refractivity (Wildman–Crippen MR) is 110 cm³/mol. The maximum absolute atomic E-state index is 12.8. The summed E-state index contributed by atoms with van der Waals surface area (Å²) >= 11 is 0. The van der Waals surface area contributed by atoms with Crippen molar-refractivity contribution < 1.29 is 18.7 Å². The summed E-state index contributed by atoms with van der Waals surface area (Å²) in [6, 6.07) is 12.1. The molecule has 6 heteroatoms. The molecule has 1 unspecified atom stereocenters. The van der Waals surface area contributed by atoms with Gasteiger partial charge in [0, 0.05) is 13.0 Å². The molecule has 2 aliphatic heterocycles. The first-order valence-electron chi connectivity index (χ1n) is 10.0. The van der Waals surface area contributed by atoms with E-state index >= 15 is 0 Å². The van der Waals surface area contributed by atoms with Crippen LogP contribution in [0.25, 0.3) is 11.1 Å². The van der Waals surface area contributed by atoms with Crippen LogP contribution >= 0.6 is 0 Å². The Morgan fingerprint density at radius 2 is 2.07 bits per heavy atom. The van der Waals surface area contributed by atoms with Gasteiger partial charge in [0.2, 0.25) is 0 Å². The smallest absolute Gasteiger partial charge is 0.298 e. The maximum atomic E-state index is 12.8. The summed E-state index contributed by atoms with van der Waals surface area (Å²) in [5.41, 5.74) is 2.94. The quantitative estimate of drug-likeness (QED) is 0.650. The van der Waals surface area contributed by atoms with Crippen molar-refractivity contribution in [3.8, 4) is 11.5 Å². The average molecular weight is 392 g/mol. The molecule has 1 fully saturated rings. The number of anilines is 1. The fourth-order valence-corrected chi connectivity index (χ4v) is 4.26. The van der Waals surface area contributed by atoms with Gasteiger partial charge in [-0.1, -0.05) is 19.9 Å². The SMILES string of the molecule is COc1ccc2c(c1)C(=O)CC1(CCN(c3nc4cc(C(C)C)ccc4o3)C1)O2. The van der Waals surface area contributed by atoms with Crippen LogP contribution in [0.15, 0.2) is 40.8 Å². The summed E-state index contributed by atoms with van der Waals surface area (Å²) in [5, 5.41) is 0. The highest BCUT2D eigenvalue weighted by atomic mass is 16.5.